The molecule has 1 aliphatic carbocycles. The van der Waals surface area contributed by atoms with Crippen LogP contribution in [0.4, 0.5) is 17.3 Å². The standard InChI is InChI=1S/C19H21N7/c1-11-14(13-7-8-13)23-17(22-11)18-24-16(20)15-19(25-18)26(10-21-15)9-12-5-3-2-4-6-12/h2-6,13,21H,7-10H2,1H3,(H,22,23)(H2,20,24,25). The number of hydrogen-bond donors (Lipinski definition) is 3. The van der Waals surface area contributed by atoms with Gasteiger partial charge >= 0.3 is 0 Å². The first-order chi connectivity index (χ1) is 12.7. The fourth-order valence-corrected chi connectivity index (χ4v) is 3.49. The van der Waals surface area contributed by atoms with E-state index in [1.807, 2.05) is 18.2 Å². The van der Waals surface area contributed by atoms with Gasteiger partial charge in [0, 0.05) is 18.2 Å². The number of benzene rings is 1. The molecule has 1 saturated carbocycles. The molecule has 0 spiro atoms. The third-order valence-electron chi connectivity index (χ3n) is 4.98. The number of fused-ring (bicyclic) bond motifs is 1. The van der Waals surface area contributed by atoms with Crippen molar-refractivity contribution in [2.24, 2.45) is 0 Å². The maximum atomic E-state index is 6.20. The Morgan fingerprint density at radius 1 is 1.15 bits per heavy atom. The van der Waals surface area contributed by atoms with Crippen LogP contribution in [0.15, 0.2) is 30.3 Å². The Hall–Kier alpha value is -3.09. The van der Waals surface area contributed by atoms with Gasteiger partial charge in [0.25, 0.3) is 0 Å². The van der Waals surface area contributed by atoms with E-state index in [1.54, 1.807) is 0 Å². The number of nitrogens with zero attached hydrogens (tertiary/aromatic N) is 4. The number of aromatic amines is 1. The van der Waals surface area contributed by atoms with E-state index in [0.717, 1.165) is 29.4 Å². The van der Waals surface area contributed by atoms with Crippen molar-refractivity contribution < 1.29 is 0 Å². The molecule has 26 heavy (non-hydrogen) atoms. The first-order valence-corrected chi connectivity index (χ1v) is 8.96. The first-order valence-electron chi connectivity index (χ1n) is 8.96. The SMILES string of the molecule is Cc1[nH]c(-c2nc(N)c3c(n2)N(Cc2ccccc2)CN3)nc1C1CC1. The number of H-pyrrole nitrogens is 1. The summed E-state index contributed by atoms with van der Waals surface area (Å²) in [5.41, 5.74) is 10.5. The fourth-order valence-electron chi connectivity index (χ4n) is 3.49. The van der Waals surface area contributed by atoms with Gasteiger partial charge in [-0.05, 0) is 25.3 Å². The van der Waals surface area contributed by atoms with Crippen molar-refractivity contribution in [2.45, 2.75) is 32.2 Å². The molecular formula is C19H21N7. The third kappa shape index (κ3) is 2.56. The molecule has 1 aromatic carbocycles. The number of rotatable bonds is 4. The average molecular weight is 347 g/mol. The topological polar surface area (TPSA) is 95.8 Å². The lowest BCUT2D eigenvalue weighted by Gasteiger charge is -2.17. The molecule has 2 aliphatic rings. The molecule has 0 radical (unpaired) electrons. The molecule has 1 aliphatic heterocycles. The summed E-state index contributed by atoms with van der Waals surface area (Å²) in [6.45, 7) is 3.49. The smallest absolute Gasteiger partial charge is 0.199 e. The highest BCUT2D eigenvalue weighted by Crippen LogP contribution is 2.41. The van der Waals surface area contributed by atoms with Gasteiger partial charge in [-0.25, -0.2) is 15.0 Å². The second kappa shape index (κ2) is 5.72. The zero-order valence-corrected chi connectivity index (χ0v) is 14.7. The van der Waals surface area contributed by atoms with E-state index in [2.05, 4.69) is 39.2 Å². The number of nitrogens with one attached hydrogen (secondary N) is 2. The van der Waals surface area contributed by atoms with Crippen LogP contribution in [0.1, 0.15) is 35.7 Å². The van der Waals surface area contributed by atoms with Crippen molar-refractivity contribution in [1.82, 2.24) is 19.9 Å². The molecule has 1 fully saturated rings. The fraction of sp³-hybridized carbons (Fsp3) is 0.316. The van der Waals surface area contributed by atoms with Crippen LogP contribution < -0.4 is 16.0 Å². The third-order valence-corrected chi connectivity index (χ3v) is 4.98. The summed E-state index contributed by atoms with van der Waals surface area (Å²) in [5, 5.41) is 3.31. The van der Waals surface area contributed by atoms with Crippen LogP contribution in [0.5, 0.6) is 0 Å². The summed E-state index contributed by atoms with van der Waals surface area (Å²) in [5.74, 6) is 3.13. The van der Waals surface area contributed by atoms with E-state index >= 15 is 0 Å². The van der Waals surface area contributed by atoms with E-state index in [-0.39, 0.29) is 0 Å². The molecule has 4 N–H and O–H groups in total. The van der Waals surface area contributed by atoms with Gasteiger partial charge in [-0.2, -0.15) is 0 Å². The minimum Gasteiger partial charge on any atom is -0.382 e. The van der Waals surface area contributed by atoms with Crippen LogP contribution in [0.2, 0.25) is 0 Å². The maximum absolute atomic E-state index is 6.20. The molecule has 0 atom stereocenters. The molecule has 0 unspecified atom stereocenters. The lowest BCUT2D eigenvalue weighted by atomic mass is 10.2. The maximum Gasteiger partial charge on any atom is 0.199 e. The summed E-state index contributed by atoms with van der Waals surface area (Å²) in [6.07, 6.45) is 2.43. The lowest BCUT2D eigenvalue weighted by molar-refractivity contribution is 0.855. The van der Waals surface area contributed by atoms with Crippen LogP contribution in [-0.2, 0) is 6.54 Å². The van der Waals surface area contributed by atoms with E-state index in [0.29, 0.717) is 30.1 Å². The summed E-state index contributed by atoms with van der Waals surface area (Å²) in [4.78, 5) is 19.5. The number of hydrogen-bond acceptors (Lipinski definition) is 6. The van der Waals surface area contributed by atoms with Crippen LogP contribution in [0.25, 0.3) is 11.6 Å². The van der Waals surface area contributed by atoms with Crippen molar-refractivity contribution in [1.29, 1.82) is 0 Å². The van der Waals surface area contributed by atoms with Crippen molar-refractivity contribution >= 4 is 17.3 Å². The summed E-state index contributed by atoms with van der Waals surface area (Å²) < 4.78 is 0. The van der Waals surface area contributed by atoms with Crippen LogP contribution in [0.3, 0.4) is 0 Å². The molecule has 0 amide bonds. The molecular weight excluding hydrogens is 326 g/mol. The largest absolute Gasteiger partial charge is 0.382 e. The minimum atomic E-state index is 0.461. The average Bonchev–Trinajstić information content (AvgIpc) is 3.30. The van der Waals surface area contributed by atoms with Crippen molar-refractivity contribution in [3.63, 3.8) is 0 Å². The number of nitrogens with two attached hydrogens (primary N) is 1. The quantitative estimate of drug-likeness (QED) is 0.671. The van der Waals surface area contributed by atoms with Gasteiger partial charge in [-0.3, -0.25) is 0 Å². The molecule has 132 valence electrons. The minimum absolute atomic E-state index is 0.461. The normalized spacial score (nSPS) is 15.8. The summed E-state index contributed by atoms with van der Waals surface area (Å²) >= 11 is 0. The zero-order valence-electron chi connectivity index (χ0n) is 14.7. The predicted octanol–water partition coefficient (Wildman–Crippen LogP) is 3.02. The summed E-state index contributed by atoms with van der Waals surface area (Å²) in [7, 11) is 0. The van der Waals surface area contributed by atoms with Gasteiger partial charge in [0.2, 0.25) is 0 Å². The second-order valence-electron chi connectivity index (χ2n) is 7.02. The Bertz CT molecular complexity index is 960. The van der Waals surface area contributed by atoms with Crippen molar-refractivity contribution in [3.05, 3.63) is 47.3 Å². The van der Waals surface area contributed by atoms with Gasteiger partial charge in [0.15, 0.2) is 23.3 Å². The summed E-state index contributed by atoms with van der Waals surface area (Å²) in [6, 6.07) is 10.3. The number of aryl methyl sites for hydroxylation is 1. The lowest BCUT2D eigenvalue weighted by Crippen LogP contribution is -2.22. The Balaban J connectivity index is 1.50. The van der Waals surface area contributed by atoms with Gasteiger partial charge in [0.05, 0.1) is 12.4 Å². The Kier molecular flexibility index (Phi) is 3.34. The predicted molar refractivity (Wildman–Crippen MR) is 102 cm³/mol. The van der Waals surface area contributed by atoms with Crippen molar-refractivity contribution in [2.75, 3.05) is 22.6 Å². The van der Waals surface area contributed by atoms with Crippen LogP contribution in [0, 0.1) is 6.92 Å². The van der Waals surface area contributed by atoms with Crippen LogP contribution in [-0.4, -0.2) is 26.6 Å². The van der Waals surface area contributed by atoms with Gasteiger partial charge in [0.1, 0.15) is 5.69 Å². The molecule has 0 saturated heterocycles. The molecule has 3 aromatic rings. The van der Waals surface area contributed by atoms with Gasteiger partial charge in [-0.1, -0.05) is 30.3 Å². The van der Waals surface area contributed by atoms with Gasteiger partial charge < -0.3 is 20.9 Å². The number of imidazole rings is 1. The molecule has 7 nitrogen and oxygen atoms in total. The number of aromatic nitrogens is 4. The highest BCUT2D eigenvalue weighted by molar-refractivity contribution is 5.81. The van der Waals surface area contributed by atoms with E-state index in [9.17, 15) is 0 Å². The highest BCUT2D eigenvalue weighted by atomic mass is 15.3. The number of nitrogen functional groups attached to an aromatic ring is 1. The first kappa shape index (κ1) is 15.2. The second-order valence-corrected chi connectivity index (χ2v) is 7.02. The molecule has 2 aromatic heterocycles. The molecule has 0 bridgehead atoms. The van der Waals surface area contributed by atoms with E-state index in [4.69, 9.17) is 15.7 Å². The molecule has 7 heteroatoms. The highest BCUT2D eigenvalue weighted by Gasteiger charge is 2.30. The van der Waals surface area contributed by atoms with Crippen LogP contribution >= 0.6 is 0 Å². The Morgan fingerprint density at radius 3 is 2.73 bits per heavy atom. The molecule has 5 rings (SSSR count). The van der Waals surface area contributed by atoms with Crippen molar-refractivity contribution in [3.8, 4) is 11.6 Å². The Morgan fingerprint density at radius 2 is 1.96 bits per heavy atom. The molecule has 3 heterocycles. The van der Waals surface area contributed by atoms with E-state index in [1.165, 1.54) is 18.4 Å². The number of anilines is 3. The zero-order chi connectivity index (χ0) is 17.7. The Labute approximate surface area is 151 Å². The van der Waals surface area contributed by atoms with Gasteiger partial charge in [-0.15, -0.1) is 0 Å². The van der Waals surface area contributed by atoms with E-state index < -0.39 is 0 Å². The monoisotopic (exact) mass is 347 g/mol.